The summed E-state index contributed by atoms with van der Waals surface area (Å²) in [6.07, 6.45) is 1.62. The Bertz CT molecular complexity index is 593. The van der Waals surface area contributed by atoms with Crippen LogP contribution in [-0.2, 0) is 4.74 Å². The second kappa shape index (κ2) is 10.8. The summed E-state index contributed by atoms with van der Waals surface area (Å²) in [6.45, 7) is 5.91. The lowest BCUT2D eigenvalue weighted by atomic mass is 9.84. The molecule has 1 saturated heterocycles. The van der Waals surface area contributed by atoms with Crippen LogP contribution in [0.15, 0.2) is 23.2 Å². The van der Waals surface area contributed by atoms with Crippen LogP contribution in [0.2, 0.25) is 10.0 Å². The molecule has 1 aliphatic rings. The first-order chi connectivity index (χ1) is 12.6. The van der Waals surface area contributed by atoms with Gasteiger partial charge in [0.05, 0.1) is 24.7 Å². The van der Waals surface area contributed by atoms with E-state index < -0.39 is 0 Å². The van der Waals surface area contributed by atoms with Crippen LogP contribution in [0.5, 0.6) is 5.75 Å². The summed E-state index contributed by atoms with van der Waals surface area (Å²) in [7, 11) is 0. The molecule has 1 unspecified atom stereocenters. The van der Waals surface area contributed by atoms with Crippen molar-refractivity contribution in [2.75, 3.05) is 46.1 Å². The molecule has 3 N–H and O–H groups in total. The first-order valence-electron chi connectivity index (χ1n) is 8.88. The van der Waals surface area contributed by atoms with Gasteiger partial charge in [-0.2, -0.15) is 0 Å². The third-order valence-electron chi connectivity index (χ3n) is 4.31. The van der Waals surface area contributed by atoms with E-state index in [0.717, 1.165) is 25.5 Å². The average Bonchev–Trinajstić information content (AvgIpc) is 3.09. The van der Waals surface area contributed by atoms with Crippen LogP contribution in [0.25, 0.3) is 0 Å². The van der Waals surface area contributed by atoms with Crippen LogP contribution >= 0.6 is 23.2 Å². The van der Waals surface area contributed by atoms with Crippen molar-refractivity contribution in [2.45, 2.75) is 19.8 Å². The van der Waals surface area contributed by atoms with Gasteiger partial charge in [0.25, 0.3) is 0 Å². The Balaban J connectivity index is 1.84. The van der Waals surface area contributed by atoms with Gasteiger partial charge in [0.15, 0.2) is 5.96 Å². The van der Waals surface area contributed by atoms with Crippen molar-refractivity contribution in [3.63, 3.8) is 0 Å². The summed E-state index contributed by atoms with van der Waals surface area (Å²) in [5.74, 6) is 1.28. The van der Waals surface area contributed by atoms with E-state index in [4.69, 9.17) is 32.7 Å². The highest BCUT2D eigenvalue weighted by Crippen LogP contribution is 2.32. The Hall–Kier alpha value is -1.21. The molecule has 8 heteroatoms. The minimum atomic E-state index is -0.0675. The van der Waals surface area contributed by atoms with Crippen LogP contribution in [0.4, 0.5) is 0 Å². The lowest BCUT2D eigenvalue weighted by Crippen LogP contribution is -2.40. The molecular weight excluding hydrogens is 377 g/mol. The van der Waals surface area contributed by atoms with Crippen molar-refractivity contribution in [1.82, 2.24) is 10.6 Å². The SMILES string of the molecule is CCNC(=NCC1(CCO)CCOC1)NCCOc1cccc(Cl)c1Cl. The highest BCUT2D eigenvalue weighted by molar-refractivity contribution is 6.42. The van der Waals surface area contributed by atoms with Crippen molar-refractivity contribution >= 4 is 29.2 Å². The third-order valence-corrected chi connectivity index (χ3v) is 5.11. The number of nitrogens with one attached hydrogen (secondary N) is 2. The quantitative estimate of drug-likeness (QED) is 0.335. The van der Waals surface area contributed by atoms with Crippen LogP contribution in [0, 0.1) is 5.41 Å². The van der Waals surface area contributed by atoms with Crippen molar-refractivity contribution in [2.24, 2.45) is 10.4 Å². The van der Waals surface area contributed by atoms with Gasteiger partial charge in [-0.25, -0.2) is 0 Å². The smallest absolute Gasteiger partial charge is 0.191 e. The van der Waals surface area contributed by atoms with Crippen LogP contribution in [0.3, 0.4) is 0 Å². The minimum Gasteiger partial charge on any atom is -0.490 e. The lowest BCUT2D eigenvalue weighted by Gasteiger charge is -2.24. The van der Waals surface area contributed by atoms with Gasteiger partial charge in [-0.1, -0.05) is 29.3 Å². The van der Waals surface area contributed by atoms with E-state index in [1.165, 1.54) is 0 Å². The predicted molar refractivity (Wildman–Crippen MR) is 106 cm³/mol. The zero-order chi connectivity index (χ0) is 18.8. The highest BCUT2D eigenvalue weighted by atomic mass is 35.5. The van der Waals surface area contributed by atoms with Gasteiger partial charge in [0, 0.05) is 25.2 Å². The molecule has 1 aromatic carbocycles. The summed E-state index contributed by atoms with van der Waals surface area (Å²) >= 11 is 12.1. The molecular formula is C18H27Cl2N3O3. The van der Waals surface area contributed by atoms with Gasteiger partial charge in [-0.15, -0.1) is 0 Å². The first-order valence-corrected chi connectivity index (χ1v) is 9.63. The molecule has 1 atom stereocenters. The Kier molecular flexibility index (Phi) is 8.78. The zero-order valence-electron chi connectivity index (χ0n) is 15.1. The van der Waals surface area contributed by atoms with E-state index in [0.29, 0.717) is 48.5 Å². The summed E-state index contributed by atoms with van der Waals surface area (Å²) in [5.41, 5.74) is -0.0675. The Morgan fingerprint density at radius 2 is 2.23 bits per heavy atom. The van der Waals surface area contributed by atoms with E-state index in [1.54, 1.807) is 18.2 Å². The van der Waals surface area contributed by atoms with Gasteiger partial charge >= 0.3 is 0 Å². The molecule has 0 bridgehead atoms. The fourth-order valence-electron chi connectivity index (χ4n) is 2.80. The molecule has 26 heavy (non-hydrogen) atoms. The maximum atomic E-state index is 9.31. The molecule has 0 radical (unpaired) electrons. The number of hydrogen-bond donors (Lipinski definition) is 3. The summed E-state index contributed by atoms with van der Waals surface area (Å²) in [4.78, 5) is 4.66. The number of aliphatic hydroxyl groups excluding tert-OH is 1. The fourth-order valence-corrected chi connectivity index (χ4v) is 3.15. The monoisotopic (exact) mass is 403 g/mol. The van der Waals surface area contributed by atoms with Crippen LogP contribution in [-0.4, -0.2) is 57.1 Å². The molecule has 6 nitrogen and oxygen atoms in total. The molecule has 1 aliphatic heterocycles. The van der Waals surface area contributed by atoms with Gasteiger partial charge < -0.3 is 25.2 Å². The fraction of sp³-hybridized carbons (Fsp3) is 0.611. The summed E-state index contributed by atoms with van der Waals surface area (Å²) in [6, 6.07) is 5.30. The predicted octanol–water partition coefficient (Wildman–Crippen LogP) is 2.72. The Labute approximate surface area is 164 Å². The molecule has 0 aliphatic carbocycles. The summed E-state index contributed by atoms with van der Waals surface area (Å²) < 4.78 is 11.2. The molecule has 146 valence electrons. The van der Waals surface area contributed by atoms with Gasteiger partial charge in [0.2, 0.25) is 0 Å². The Morgan fingerprint density at radius 3 is 2.92 bits per heavy atom. The number of aliphatic hydroxyl groups is 1. The maximum Gasteiger partial charge on any atom is 0.191 e. The number of rotatable bonds is 9. The first kappa shape index (κ1) is 21.1. The van der Waals surface area contributed by atoms with E-state index in [1.807, 2.05) is 6.92 Å². The van der Waals surface area contributed by atoms with E-state index in [9.17, 15) is 5.11 Å². The van der Waals surface area contributed by atoms with Crippen LogP contribution in [0.1, 0.15) is 19.8 Å². The van der Waals surface area contributed by atoms with Crippen molar-refractivity contribution in [3.8, 4) is 5.75 Å². The number of guanidine groups is 1. The molecule has 2 rings (SSSR count). The summed E-state index contributed by atoms with van der Waals surface area (Å²) in [5, 5.41) is 16.7. The highest BCUT2D eigenvalue weighted by Gasteiger charge is 2.34. The minimum absolute atomic E-state index is 0.0675. The topological polar surface area (TPSA) is 75.1 Å². The lowest BCUT2D eigenvalue weighted by molar-refractivity contribution is 0.131. The number of halogens is 2. The second-order valence-corrected chi connectivity index (χ2v) is 7.08. The molecule has 1 heterocycles. The normalized spacial score (nSPS) is 20.2. The van der Waals surface area contributed by atoms with Gasteiger partial charge in [-0.3, -0.25) is 4.99 Å². The number of ether oxygens (including phenoxy) is 2. The number of benzene rings is 1. The largest absolute Gasteiger partial charge is 0.490 e. The second-order valence-electron chi connectivity index (χ2n) is 6.30. The molecule has 1 fully saturated rings. The number of aliphatic imine (C=N–C) groups is 1. The molecule has 1 aromatic rings. The zero-order valence-corrected chi connectivity index (χ0v) is 16.6. The van der Waals surface area contributed by atoms with E-state index in [2.05, 4.69) is 15.6 Å². The average molecular weight is 404 g/mol. The Morgan fingerprint density at radius 1 is 1.38 bits per heavy atom. The van der Waals surface area contributed by atoms with Gasteiger partial charge in [0.1, 0.15) is 17.4 Å². The van der Waals surface area contributed by atoms with Gasteiger partial charge in [-0.05, 0) is 31.9 Å². The van der Waals surface area contributed by atoms with Crippen molar-refractivity contribution < 1.29 is 14.6 Å². The molecule has 0 amide bonds. The number of hydrogen-bond acceptors (Lipinski definition) is 4. The van der Waals surface area contributed by atoms with E-state index in [-0.39, 0.29) is 12.0 Å². The number of nitrogens with zero attached hydrogens (tertiary/aromatic N) is 1. The molecule has 0 spiro atoms. The van der Waals surface area contributed by atoms with Crippen LogP contribution < -0.4 is 15.4 Å². The van der Waals surface area contributed by atoms with E-state index >= 15 is 0 Å². The molecule has 0 saturated carbocycles. The van der Waals surface area contributed by atoms with Crippen molar-refractivity contribution in [1.29, 1.82) is 0 Å². The standard InChI is InChI=1S/C18H27Cl2N3O3/c1-2-21-17(23-12-18(6-9-24)7-10-25-13-18)22-8-11-26-15-5-3-4-14(19)16(15)20/h3-5,24H,2,6-13H2,1H3,(H2,21,22,23). The van der Waals surface area contributed by atoms with Crippen molar-refractivity contribution in [3.05, 3.63) is 28.2 Å². The third kappa shape index (κ3) is 6.20. The molecule has 0 aromatic heterocycles. The maximum absolute atomic E-state index is 9.31.